The summed E-state index contributed by atoms with van der Waals surface area (Å²) in [5.41, 5.74) is 3.76. The number of carbonyl (C=O) groups excluding carboxylic acids is 1. The molecular weight excluding hydrogens is 322 g/mol. The lowest BCUT2D eigenvalue weighted by molar-refractivity contribution is 0.0924. The number of nitrogens with zero attached hydrogens (tertiary/aromatic N) is 1. The maximum absolute atomic E-state index is 12.2. The Bertz CT molecular complexity index is 681. The van der Waals surface area contributed by atoms with Gasteiger partial charge in [0, 0.05) is 5.56 Å². The first-order valence-electron chi connectivity index (χ1n) is 6.30. The molecule has 104 valence electrons. The second-order valence-corrected chi connectivity index (χ2v) is 5.71. The number of hydrogen-bond donors (Lipinski definition) is 2. The molecule has 6 heteroatoms. The summed E-state index contributed by atoms with van der Waals surface area (Å²) in [6.07, 6.45) is 1.56. The summed E-state index contributed by atoms with van der Waals surface area (Å²) in [6.45, 7) is 4.54. The average Bonchev–Trinajstić information content (AvgIpc) is 3.01. The quantitative estimate of drug-likeness (QED) is 0.886. The summed E-state index contributed by atoms with van der Waals surface area (Å²) >= 11 is 3.28. The molecule has 0 aliphatic carbocycles. The second kappa shape index (κ2) is 4.94. The number of aromatic amines is 1. The molecule has 1 aromatic carbocycles. The van der Waals surface area contributed by atoms with Crippen LogP contribution in [0.3, 0.4) is 0 Å². The van der Waals surface area contributed by atoms with Crippen molar-refractivity contribution in [3.05, 3.63) is 45.2 Å². The molecular formula is C14H14BrN3O2. The van der Waals surface area contributed by atoms with Gasteiger partial charge in [-0.05, 0) is 40.9 Å². The first kappa shape index (κ1) is 13.2. The Morgan fingerprint density at radius 3 is 3.00 bits per heavy atom. The molecule has 0 saturated carbocycles. The molecule has 5 nitrogen and oxygen atoms in total. The molecule has 2 aromatic rings. The minimum atomic E-state index is -0.200. The maximum Gasteiger partial charge on any atom is 0.271 e. The molecule has 2 heterocycles. The topological polar surface area (TPSA) is 67.0 Å². The third-order valence-electron chi connectivity index (χ3n) is 3.60. The minimum Gasteiger partial charge on any atom is -0.490 e. The highest BCUT2D eigenvalue weighted by Gasteiger charge is 2.28. The van der Waals surface area contributed by atoms with Crippen molar-refractivity contribution in [2.45, 2.75) is 19.9 Å². The van der Waals surface area contributed by atoms with Crippen LogP contribution < -0.4 is 10.1 Å². The van der Waals surface area contributed by atoms with E-state index in [4.69, 9.17) is 4.74 Å². The number of carbonyl (C=O) groups is 1. The predicted octanol–water partition coefficient (Wildman–Crippen LogP) is 2.65. The third-order valence-corrected chi connectivity index (χ3v) is 4.20. The number of fused-ring (bicyclic) bond motifs is 1. The fourth-order valence-electron chi connectivity index (χ4n) is 2.31. The zero-order valence-corrected chi connectivity index (χ0v) is 12.7. The average molecular weight is 336 g/mol. The Labute approximate surface area is 124 Å². The van der Waals surface area contributed by atoms with Gasteiger partial charge in [0.25, 0.3) is 5.91 Å². The summed E-state index contributed by atoms with van der Waals surface area (Å²) in [5, 5.41) is 9.46. The molecule has 1 aliphatic rings. The smallest absolute Gasteiger partial charge is 0.271 e. The predicted molar refractivity (Wildman–Crippen MR) is 77.9 cm³/mol. The van der Waals surface area contributed by atoms with E-state index in [1.165, 1.54) is 5.56 Å². The van der Waals surface area contributed by atoms with Gasteiger partial charge in [0.1, 0.15) is 18.1 Å². The van der Waals surface area contributed by atoms with Gasteiger partial charge in [-0.25, -0.2) is 0 Å². The van der Waals surface area contributed by atoms with E-state index in [0.29, 0.717) is 16.8 Å². The molecule has 0 saturated heterocycles. The molecule has 1 aliphatic heterocycles. The maximum atomic E-state index is 12.2. The molecule has 0 bridgehead atoms. The molecule has 1 amide bonds. The van der Waals surface area contributed by atoms with Gasteiger partial charge in [0.2, 0.25) is 0 Å². The first-order valence-corrected chi connectivity index (χ1v) is 7.10. The van der Waals surface area contributed by atoms with Crippen LogP contribution in [0.2, 0.25) is 0 Å². The van der Waals surface area contributed by atoms with Gasteiger partial charge in [-0.2, -0.15) is 5.10 Å². The van der Waals surface area contributed by atoms with Crippen LogP contribution in [-0.2, 0) is 0 Å². The normalized spacial score (nSPS) is 16.6. The van der Waals surface area contributed by atoms with Crippen LogP contribution in [0.25, 0.3) is 0 Å². The number of ether oxygens (including phenoxy) is 1. The largest absolute Gasteiger partial charge is 0.490 e. The van der Waals surface area contributed by atoms with Crippen LogP contribution in [0, 0.1) is 13.8 Å². The van der Waals surface area contributed by atoms with E-state index in [9.17, 15) is 4.79 Å². The molecule has 1 atom stereocenters. The van der Waals surface area contributed by atoms with E-state index in [1.807, 2.05) is 26.0 Å². The Balaban J connectivity index is 1.84. The van der Waals surface area contributed by atoms with E-state index in [-0.39, 0.29) is 11.9 Å². The fourth-order valence-corrected chi connectivity index (χ4v) is 2.69. The Kier molecular flexibility index (Phi) is 3.25. The van der Waals surface area contributed by atoms with Crippen molar-refractivity contribution < 1.29 is 9.53 Å². The van der Waals surface area contributed by atoms with Crippen LogP contribution in [0.4, 0.5) is 0 Å². The van der Waals surface area contributed by atoms with Gasteiger partial charge in [-0.3, -0.25) is 9.89 Å². The van der Waals surface area contributed by atoms with E-state index < -0.39 is 0 Å². The SMILES string of the molecule is Cc1ccc2c(c1C)OC[C@H]2NC(=O)c1[nH]ncc1Br. The second-order valence-electron chi connectivity index (χ2n) is 4.86. The van der Waals surface area contributed by atoms with Crippen molar-refractivity contribution in [3.63, 3.8) is 0 Å². The number of amides is 1. The number of benzene rings is 1. The molecule has 0 radical (unpaired) electrons. The Morgan fingerprint density at radius 2 is 2.30 bits per heavy atom. The van der Waals surface area contributed by atoms with Crippen LogP contribution in [0.15, 0.2) is 22.8 Å². The number of nitrogens with one attached hydrogen (secondary N) is 2. The lowest BCUT2D eigenvalue weighted by Gasteiger charge is -2.11. The number of aryl methyl sites for hydroxylation is 1. The van der Waals surface area contributed by atoms with E-state index in [2.05, 4.69) is 31.4 Å². The van der Waals surface area contributed by atoms with Crippen molar-refractivity contribution in [1.82, 2.24) is 15.5 Å². The number of hydrogen-bond acceptors (Lipinski definition) is 3. The van der Waals surface area contributed by atoms with Gasteiger partial charge >= 0.3 is 0 Å². The Hall–Kier alpha value is -1.82. The van der Waals surface area contributed by atoms with Crippen molar-refractivity contribution in [1.29, 1.82) is 0 Å². The third kappa shape index (κ3) is 2.10. The minimum absolute atomic E-state index is 0.132. The monoisotopic (exact) mass is 335 g/mol. The molecule has 20 heavy (non-hydrogen) atoms. The number of H-pyrrole nitrogens is 1. The molecule has 0 spiro atoms. The van der Waals surface area contributed by atoms with E-state index in [0.717, 1.165) is 16.9 Å². The van der Waals surface area contributed by atoms with Crippen LogP contribution >= 0.6 is 15.9 Å². The first-order chi connectivity index (χ1) is 9.58. The van der Waals surface area contributed by atoms with Gasteiger partial charge in [-0.15, -0.1) is 0 Å². The molecule has 1 aromatic heterocycles. The van der Waals surface area contributed by atoms with Gasteiger partial charge in [0.05, 0.1) is 16.7 Å². The van der Waals surface area contributed by atoms with E-state index >= 15 is 0 Å². The van der Waals surface area contributed by atoms with Crippen LogP contribution in [0.5, 0.6) is 5.75 Å². The zero-order valence-electron chi connectivity index (χ0n) is 11.2. The summed E-state index contributed by atoms with van der Waals surface area (Å²) in [7, 11) is 0. The van der Waals surface area contributed by atoms with E-state index in [1.54, 1.807) is 6.20 Å². The number of rotatable bonds is 2. The summed E-state index contributed by atoms with van der Waals surface area (Å²) in [6, 6.07) is 3.93. The fraction of sp³-hybridized carbons (Fsp3) is 0.286. The number of halogens is 1. The highest BCUT2D eigenvalue weighted by molar-refractivity contribution is 9.10. The van der Waals surface area contributed by atoms with Crippen molar-refractivity contribution in [3.8, 4) is 5.75 Å². The standard InChI is InChI=1S/C14H14BrN3O2/c1-7-3-4-9-11(6-20-13(9)8(7)2)17-14(19)12-10(15)5-16-18-12/h3-5,11H,6H2,1-2H3,(H,16,18)(H,17,19)/t11-/m1/s1. The molecule has 2 N–H and O–H groups in total. The Morgan fingerprint density at radius 1 is 1.50 bits per heavy atom. The van der Waals surface area contributed by atoms with Crippen LogP contribution in [-0.4, -0.2) is 22.7 Å². The van der Waals surface area contributed by atoms with Gasteiger partial charge in [-0.1, -0.05) is 12.1 Å². The van der Waals surface area contributed by atoms with Crippen LogP contribution in [0.1, 0.15) is 33.2 Å². The molecule has 0 fully saturated rings. The lowest BCUT2D eigenvalue weighted by Crippen LogP contribution is -2.29. The highest BCUT2D eigenvalue weighted by Crippen LogP contribution is 2.36. The van der Waals surface area contributed by atoms with Crippen molar-refractivity contribution >= 4 is 21.8 Å². The summed E-state index contributed by atoms with van der Waals surface area (Å²) in [5.74, 6) is 0.688. The van der Waals surface area contributed by atoms with Gasteiger partial charge in [0.15, 0.2) is 0 Å². The molecule has 3 rings (SSSR count). The van der Waals surface area contributed by atoms with Crippen molar-refractivity contribution in [2.24, 2.45) is 0 Å². The lowest BCUT2D eigenvalue weighted by atomic mass is 10.0. The van der Waals surface area contributed by atoms with Gasteiger partial charge < -0.3 is 10.1 Å². The number of aromatic nitrogens is 2. The molecule has 0 unspecified atom stereocenters. The van der Waals surface area contributed by atoms with Crippen molar-refractivity contribution in [2.75, 3.05) is 6.61 Å². The summed E-state index contributed by atoms with van der Waals surface area (Å²) in [4.78, 5) is 12.2. The highest BCUT2D eigenvalue weighted by atomic mass is 79.9. The summed E-state index contributed by atoms with van der Waals surface area (Å²) < 4.78 is 6.37. The zero-order chi connectivity index (χ0) is 14.3.